The van der Waals surface area contributed by atoms with Crippen molar-refractivity contribution in [3.8, 4) is 0 Å². The van der Waals surface area contributed by atoms with E-state index in [1.54, 1.807) is 11.1 Å². The van der Waals surface area contributed by atoms with E-state index in [0.717, 1.165) is 12.0 Å². The number of rotatable bonds is 3. The van der Waals surface area contributed by atoms with Gasteiger partial charge >= 0.3 is 0 Å². The molecule has 1 N–H and O–H groups in total. The average molecular weight is 244 g/mol. The molecule has 3 heteroatoms. The van der Waals surface area contributed by atoms with Crippen LogP contribution < -0.4 is 5.32 Å². The summed E-state index contributed by atoms with van der Waals surface area (Å²) < 4.78 is 0. The predicted molar refractivity (Wildman–Crippen MR) is 68.1 cm³/mol. The molecule has 0 spiro atoms. The van der Waals surface area contributed by atoms with Crippen molar-refractivity contribution in [1.29, 1.82) is 0 Å². The molecule has 0 amide bonds. The van der Waals surface area contributed by atoms with E-state index >= 15 is 0 Å². The van der Waals surface area contributed by atoms with E-state index in [1.165, 1.54) is 38.6 Å². The van der Waals surface area contributed by atoms with Gasteiger partial charge in [-0.1, -0.05) is 0 Å². The van der Waals surface area contributed by atoms with Crippen molar-refractivity contribution >= 4 is 23.7 Å². The molecule has 3 rings (SSSR count). The second kappa shape index (κ2) is 4.86. The highest BCUT2D eigenvalue weighted by Crippen LogP contribution is 2.29. The summed E-state index contributed by atoms with van der Waals surface area (Å²) in [6.07, 6.45) is 6.83. The van der Waals surface area contributed by atoms with Crippen LogP contribution >= 0.6 is 23.7 Å². The molecule has 0 bridgehead atoms. The van der Waals surface area contributed by atoms with Gasteiger partial charge in [0, 0.05) is 6.04 Å². The van der Waals surface area contributed by atoms with Gasteiger partial charge in [-0.05, 0) is 66.5 Å². The second-order valence-corrected chi connectivity index (χ2v) is 5.46. The summed E-state index contributed by atoms with van der Waals surface area (Å²) in [5.41, 5.74) is 3.22. The second-order valence-electron chi connectivity index (χ2n) is 4.71. The van der Waals surface area contributed by atoms with E-state index in [1.807, 2.05) is 11.3 Å². The molecule has 2 aliphatic rings. The van der Waals surface area contributed by atoms with Crippen LogP contribution in [0.1, 0.15) is 30.4 Å². The monoisotopic (exact) mass is 243 g/mol. The first-order valence-electron chi connectivity index (χ1n) is 5.69. The first-order valence-corrected chi connectivity index (χ1v) is 6.63. The average Bonchev–Trinajstić information content (AvgIpc) is 2.92. The number of hydrogen-bond donors (Lipinski definition) is 1. The molecule has 1 saturated carbocycles. The number of halogens is 1. The third-order valence-corrected chi connectivity index (χ3v) is 4.29. The van der Waals surface area contributed by atoms with Crippen molar-refractivity contribution < 1.29 is 0 Å². The van der Waals surface area contributed by atoms with Crippen molar-refractivity contribution in [3.63, 3.8) is 0 Å². The molecular weight excluding hydrogens is 226 g/mol. The van der Waals surface area contributed by atoms with Gasteiger partial charge in [0.05, 0.1) is 0 Å². The van der Waals surface area contributed by atoms with Gasteiger partial charge in [-0.25, -0.2) is 0 Å². The maximum Gasteiger partial charge on any atom is 0.0111 e. The Labute approximate surface area is 102 Å². The van der Waals surface area contributed by atoms with Gasteiger partial charge in [-0.15, -0.1) is 12.4 Å². The lowest BCUT2D eigenvalue weighted by molar-refractivity contribution is 0.450. The van der Waals surface area contributed by atoms with E-state index in [-0.39, 0.29) is 12.4 Å². The zero-order valence-electron chi connectivity index (χ0n) is 8.87. The molecule has 84 valence electrons. The summed E-state index contributed by atoms with van der Waals surface area (Å²) in [5.74, 6) is 1.01. The lowest BCUT2D eigenvalue weighted by atomic mass is 9.91. The van der Waals surface area contributed by atoms with E-state index in [9.17, 15) is 0 Å². The van der Waals surface area contributed by atoms with Crippen molar-refractivity contribution in [3.05, 3.63) is 21.9 Å². The fraction of sp³-hybridized carbons (Fsp3) is 0.667. The molecule has 1 aromatic rings. The third kappa shape index (κ3) is 2.74. The van der Waals surface area contributed by atoms with Gasteiger partial charge < -0.3 is 5.32 Å². The number of aryl methyl sites for hydroxylation is 1. The lowest BCUT2D eigenvalue weighted by Gasteiger charge is -2.23. The Kier molecular flexibility index (Phi) is 3.70. The molecule has 1 nitrogen and oxygen atoms in total. The quantitative estimate of drug-likeness (QED) is 0.861. The van der Waals surface area contributed by atoms with Crippen LogP contribution in [0.25, 0.3) is 0 Å². The molecule has 2 aliphatic carbocycles. The number of fused-ring (bicyclic) bond motifs is 1. The normalized spacial score (nSPS) is 24.4. The van der Waals surface area contributed by atoms with E-state index in [4.69, 9.17) is 0 Å². The van der Waals surface area contributed by atoms with Crippen molar-refractivity contribution in [2.75, 3.05) is 6.54 Å². The fourth-order valence-electron chi connectivity index (χ4n) is 2.28. The number of thiophene rings is 1. The van der Waals surface area contributed by atoms with Gasteiger partial charge in [-0.3, -0.25) is 0 Å². The Morgan fingerprint density at radius 3 is 2.80 bits per heavy atom. The minimum Gasteiger partial charge on any atom is -0.313 e. The van der Waals surface area contributed by atoms with Crippen LogP contribution in [-0.4, -0.2) is 12.6 Å². The zero-order valence-corrected chi connectivity index (χ0v) is 10.5. The molecule has 1 fully saturated rings. The molecule has 0 saturated heterocycles. The Bertz CT molecular complexity index is 319. The van der Waals surface area contributed by atoms with Gasteiger partial charge in [-0.2, -0.15) is 11.3 Å². The Morgan fingerprint density at radius 2 is 2.00 bits per heavy atom. The molecule has 1 atom stereocenters. The van der Waals surface area contributed by atoms with Crippen LogP contribution in [0, 0.1) is 5.92 Å². The summed E-state index contributed by atoms with van der Waals surface area (Å²) in [5, 5.41) is 8.38. The largest absolute Gasteiger partial charge is 0.313 e. The first-order chi connectivity index (χ1) is 6.92. The van der Waals surface area contributed by atoms with Crippen LogP contribution in [0.4, 0.5) is 0 Å². The van der Waals surface area contributed by atoms with E-state index in [0.29, 0.717) is 0 Å². The van der Waals surface area contributed by atoms with Gasteiger partial charge in [0.2, 0.25) is 0 Å². The van der Waals surface area contributed by atoms with Crippen LogP contribution in [0.15, 0.2) is 10.8 Å². The SMILES string of the molecule is Cl.c1scc2c1CCC(NCC1CC1)C2. The smallest absolute Gasteiger partial charge is 0.0111 e. The van der Waals surface area contributed by atoms with Gasteiger partial charge in [0.15, 0.2) is 0 Å². The van der Waals surface area contributed by atoms with Gasteiger partial charge in [0.25, 0.3) is 0 Å². The summed E-state index contributed by atoms with van der Waals surface area (Å²) in [7, 11) is 0. The van der Waals surface area contributed by atoms with E-state index < -0.39 is 0 Å². The first kappa shape index (κ1) is 11.4. The van der Waals surface area contributed by atoms with Crippen molar-refractivity contribution in [2.24, 2.45) is 5.92 Å². The molecule has 0 aromatic carbocycles. The fourth-order valence-corrected chi connectivity index (χ4v) is 3.19. The lowest BCUT2D eigenvalue weighted by Crippen LogP contribution is -2.35. The highest BCUT2D eigenvalue weighted by Gasteiger charge is 2.24. The van der Waals surface area contributed by atoms with Gasteiger partial charge in [0.1, 0.15) is 0 Å². The molecule has 15 heavy (non-hydrogen) atoms. The molecule has 1 heterocycles. The van der Waals surface area contributed by atoms with E-state index in [2.05, 4.69) is 16.1 Å². The maximum atomic E-state index is 3.72. The Morgan fingerprint density at radius 1 is 1.20 bits per heavy atom. The highest BCUT2D eigenvalue weighted by atomic mass is 35.5. The molecule has 1 unspecified atom stereocenters. The molecule has 1 aromatic heterocycles. The van der Waals surface area contributed by atoms with Crippen molar-refractivity contribution in [1.82, 2.24) is 5.32 Å². The Balaban J connectivity index is 0.000000853. The maximum absolute atomic E-state index is 3.72. The van der Waals surface area contributed by atoms with Crippen LogP contribution in [0.5, 0.6) is 0 Å². The molecular formula is C12H18ClNS. The summed E-state index contributed by atoms with van der Waals surface area (Å²) in [6.45, 7) is 1.27. The summed E-state index contributed by atoms with van der Waals surface area (Å²) >= 11 is 1.87. The number of nitrogens with one attached hydrogen (secondary N) is 1. The molecule has 0 aliphatic heterocycles. The standard InChI is InChI=1S/C12H17NS.ClH/c1-2-9(1)6-13-12-4-3-10-7-14-8-11(10)5-12;/h7-9,12-13H,1-6H2;1H. The minimum absolute atomic E-state index is 0. The zero-order chi connectivity index (χ0) is 9.38. The van der Waals surface area contributed by atoms with Crippen LogP contribution in [0.2, 0.25) is 0 Å². The topological polar surface area (TPSA) is 12.0 Å². The summed E-state index contributed by atoms with van der Waals surface area (Å²) in [6, 6.07) is 0.762. The minimum atomic E-state index is 0. The van der Waals surface area contributed by atoms with Crippen LogP contribution in [0.3, 0.4) is 0 Å². The van der Waals surface area contributed by atoms with Crippen molar-refractivity contribution in [2.45, 2.75) is 38.1 Å². The predicted octanol–water partition coefficient (Wildman–Crippen LogP) is 3.03. The highest BCUT2D eigenvalue weighted by molar-refractivity contribution is 7.08. The number of hydrogen-bond acceptors (Lipinski definition) is 2. The third-order valence-electron chi connectivity index (χ3n) is 3.45. The Hall–Kier alpha value is -0.0500. The summed E-state index contributed by atoms with van der Waals surface area (Å²) in [4.78, 5) is 0. The van der Waals surface area contributed by atoms with Crippen LogP contribution in [-0.2, 0) is 12.8 Å². The molecule has 0 radical (unpaired) electrons.